The molecule has 0 aromatic rings. The molecule has 0 spiro atoms. The molecule has 0 rings (SSSR count). The van der Waals surface area contributed by atoms with Crippen LogP contribution in [0.15, 0.2) is 12.7 Å². The van der Waals surface area contributed by atoms with Gasteiger partial charge in [0.25, 0.3) is 0 Å². The van der Waals surface area contributed by atoms with Gasteiger partial charge in [-0.1, -0.05) is 12.5 Å². The first-order chi connectivity index (χ1) is 2.91. The Balaban J connectivity index is -0.0000000125. The minimum atomic E-state index is 0. The number of hydrogen-bond acceptors (Lipinski definition) is 0. The van der Waals surface area contributed by atoms with Crippen LogP contribution in [-0.2, 0) is 26.2 Å². The smallest absolute Gasteiger partial charge is 1.00 e. The van der Waals surface area contributed by atoms with Gasteiger partial charge in [0.2, 0.25) is 0 Å². The van der Waals surface area contributed by atoms with Crippen molar-refractivity contribution in [2.24, 2.45) is 0 Å². The summed E-state index contributed by atoms with van der Waals surface area (Å²) in [7, 11) is 0. The molecule has 68 valence electrons. The molecule has 0 atom stereocenters. The molecule has 0 amide bonds. The van der Waals surface area contributed by atoms with Gasteiger partial charge in [-0.05, 0) is 17.4 Å². The van der Waals surface area contributed by atoms with Crippen LogP contribution in [0, 0.1) is 14.4 Å². The van der Waals surface area contributed by atoms with Crippen LogP contribution in [-0.4, -0.2) is 11.0 Å². The van der Waals surface area contributed by atoms with E-state index in [2.05, 4.69) is 13.5 Å². The molecule has 0 saturated heterocycles. The monoisotopic (exact) mass is 290 g/mol. The maximum Gasteiger partial charge on any atom is 4.00 e. The summed E-state index contributed by atoms with van der Waals surface area (Å²) in [5, 5.41) is 0. The quantitative estimate of drug-likeness (QED) is 0.212. The Hall–Kier alpha value is 1.42. The van der Waals surface area contributed by atoms with Gasteiger partial charge in [0, 0.05) is 0 Å². The number of halogens is 2. The summed E-state index contributed by atoms with van der Waals surface area (Å²) in [5.74, 6) is 0. The van der Waals surface area contributed by atoms with Gasteiger partial charge < -0.3 is 39.2 Å². The second-order valence-corrected chi connectivity index (χ2v) is 1.28. The van der Waals surface area contributed by atoms with Gasteiger partial charge in [0.15, 0.2) is 0 Å². The van der Waals surface area contributed by atoms with Crippen molar-refractivity contribution in [2.75, 3.05) is 0 Å². The van der Waals surface area contributed by atoms with Crippen molar-refractivity contribution in [3.05, 3.63) is 27.0 Å². The summed E-state index contributed by atoms with van der Waals surface area (Å²) in [4.78, 5) is 0. The zero-order valence-electron chi connectivity index (χ0n) is 6.37. The van der Waals surface area contributed by atoms with E-state index in [1.807, 2.05) is 6.08 Å². The van der Waals surface area contributed by atoms with Gasteiger partial charge in [-0.2, -0.15) is 6.42 Å². The van der Waals surface area contributed by atoms with Crippen molar-refractivity contribution in [3.8, 4) is 0 Å². The van der Waals surface area contributed by atoms with Crippen LogP contribution in [0.4, 0.5) is 0 Å². The largest absolute Gasteiger partial charge is 4.00 e. The third-order valence-electron chi connectivity index (χ3n) is 0.658. The fourth-order valence-electron chi connectivity index (χ4n) is 0.289. The molecule has 0 aliphatic rings. The summed E-state index contributed by atoms with van der Waals surface area (Å²) >= 11 is 0. The molecular formula is C7H18Cl2SiZr. The molecule has 0 heterocycles. The summed E-state index contributed by atoms with van der Waals surface area (Å²) in [6, 6.07) is 0. The molecular weight excluding hydrogens is 274 g/mol. The maximum absolute atomic E-state index is 3.68. The van der Waals surface area contributed by atoms with Gasteiger partial charge in [-0.3, -0.25) is 0 Å². The Morgan fingerprint density at radius 1 is 1.27 bits per heavy atom. The minimum Gasteiger partial charge on any atom is -1.00 e. The molecule has 4 heteroatoms. The third kappa shape index (κ3) is 51.9. The van der Waals surface area contributed by atoms with Crippen LogP contribution >= 0.6 is 0 Å². The van der Waals surface area contributed by atoms with Crippen LogP contribution in [0.2, 0.25) is 0 Å². The minimum absolute atomic E-state index is 0. The maximum atomic E-state index is 3.68. The van der Waals surface area contributed by atoms with Crippen molar-refractivity contribution < 1.29 is 51.0 Å². The summed E-state index contributed by atoms with van der Waals surface area (Å²) in [5.41, 5.74) is 0. The van der Waals surface area contributed by atoms with E-state index in [9.17, 15) is 0 Å². The Labute approximate surface area is 108 Å². The van der Waals surface area contributed by atoms with Gasteiger partial charge in [-0.15, -0.1) is 6.58 Å². The molecule has 0 aromatic heterocycles. The van der Waals surface area contributed by atoms with Gasteiger partial charge in [0.05, 0.1) is 0 Å². The topological polar surface area (TPSA) is 0 Å². The average molecular weight is 292 g/mol. The molecule has 0 aromatic carbocycles. The van der Waals surface area contributed by atoms with Crippen LogP contribution < -0.4 is 24.8 Å². The fourth-order valence-corrected chi connectivity index (χ4v) is 0.289. The van der Waals surface area contributed by atoms with Crippen LogP contribution in [0.25, 0.3) is 0 Å². The average Bonchev–Trinajstić information content (AvgIpc) is 1.61. The van der Waals surface area contributed by atoms with E-state index < -0.39 is 0 Å². The molecule has 0 bridgehead atoms. The first kappa shape index (κ1) is 39.3. The molecule has 0 N–H and O–H groups in total. The van der Waals surface area contributed by atoms with Crippen molar-refractivity contribution >= 4 is 11.0 Å². The number of unbranched alkanes of at least 4 members (excludes halogenated alkanes) is 2. The molecule has 0 radical (unpaired) electrons. The SMILES string of the molecule is C=CCCC[CH2-].[CH3-].[Cl-].[Cl-].[SiH4].[Zr+4]. The van der Waals surface area contributed by atoms with Crippen LogP contribution in [0.5, 0.6) is 0 Å². The first-order valence-electron chi connectivity index (χ1n) is 2.32. The van der Waals surface area contributed by atoms with Crippen molar-refractivity contribution in [1.29, 1.82) is 0 Å². The van der Waals surface area contributed by atoms with Crippen molar-refractivity contribution in [3.63, 3.8) is 0 Å². The zero-order chi connectivity index (χ0) is 4.83. The second-order valence-electron chi connectivity index (χ2n) is 1.28. The Morgan fingerprint density at radius 2 is 1.64 bits per heavy atom. The van der Waals surface area contributed by atoms with E-state index in [-0.39, 0.29) is 69.4 Å². The van der Waals surface area contributed by atoms with E-state index in [1.54, 1.807) is 0 Å². The van der Waals surface area contributed by atoms with E-state index in [0.29, 0.717) is 0 Å². The number of hydrogen-bond donors (Lipinski definition) is 0. The Kier molecular flexibility index (Phi) is 151. The Bertz CT molecular complexity index is 45.4. The van der Waals surface area contributed by atoms with E-state index in [4.69, 9.17) is 0 Å². The Morgan fingerprint density at radius 3 is 1.73 bits per heavy atom. The molecule has 0 aliphatic heterocycles. The zero-order valence-corrected chi connectivity index (χ0v) is 10.3. The summed E-state index contributed by atoms with van der Waals surface area (Å²) in [6.45, 7) is 7.25. The third-order valence-corrected chi connectivity index (χ3v) is 0.658. The summed E-state index contributed by atoms with van der Waals surface area (Å²) in [6.07, 6.45) is 5.25. The number of allylic oxidation sites excluding steroid dienone is 1. The standard InChI is InChI=1S/C6H11.CH3.2ClH.H4Si.Zr/c1-3-5-6-4-2;;;;;/h3H,1-2,4-6H2;1H3;2*1H;1H4;/q2*-1;;;;+4/p-2. The summed E-state index contributed by atoms with van der Waals surface area (Å²) < 4.78 is 0. The van der Waals surface area contributed by atoms with Crippen LogP contribution in [0.1, 0.15) is 19.3 Å². The molecule has 0 fully saturated rings. The molecule has 0 nitrogen and oxygen atoms in total. The van der Waals surface area contributed by atoms with Gasteiger partial charge in [0.1, 0.15) is 0 Å². The van der Waals surface area contributed by atoms with Gasteiger partial charge >= 0.3 is 26.2 Å². The van der Waals surface area contributed by atoms with E-state index in [1.165, 1.54) is 6.42 Å². The van der Waals surface area contributed by atoms with Crippen molar-refractivity contribution in [1.82, 2.24) is 0 Å². The second kappa shape index (κ2) is 42.2. The fraction of sp³-hybridized carbons (Fsp3) is 0.429. The van der Waals surface area contributed by atoms with E-state index >= 15 is 0 Å². The van der Waals surface area contributed by atoms with E-state index in [0.717, 1.165) is 12.8 Å². The normalized spacial score (nSPS) is 4.45. The molecule has 0 saturated carbocycles. The van der Waals surface area contributed by atoms with Crippen LogP contribution in [0.3, 0.4) is 0 Å². The first-order valence-corrected chi connectivity index (χ1v) is 2.32. The predicted molar refractivity (Wildman–Crippen MR) is 47.2 cm³/mol. The molecule has 0 aliphatic carbocycles. The predicted octanol–water partition coefficient (Wildman–Crippen LogP) is -4.82. The molecule has 0 unspecified atom stereocenters. The molecule has 11 heavy (non-hydrogen) atoms. The van der Waals surface area contributed by atoms with Gasteiger partial charge in [-0.25, -0.2) is 0 Å². The number of rotatable bonds is 3. The van der Waals surface area contributed by atoms with Crippen molar-refractivity contribution in [2.45, 2.75) is 19.3 Å².